The van der Waals surface area contributed by atoms with Crippen molar-refractivity contribution in [1.29, 1.82) is 0 Å². The molecule has 0 aromatic heterocycles. The summed E-state index contributed by atoms with van der Waals surface area (Å²) in [5.74, 6) is 0. The highest BCUT2D eigenvalue weighted by Gasteiger charge is 2.62. The van der Waals surface area contributed by atoms with Gasteiger partial charge < -0.3 is 0 Å². The molecule has 3 aromatic carbocycles. The molecule has 0 fully saturated rings. The number of allylic oxidation sites excluding steroid dienone is 4. The molecule has 3 aromatic rings. The lowest BCUT2D eigenvalue weighted by molar-refractivity contribution is -0.138. The van der Waals surface area contributed by atoms with Gasteiger partial charge in [-0.25, -0.2) is 0 Å². The second-order valence-electron chi connectivity index (χ2n) is 10.4. The van der Waals surface area contributed by atoms with Crippen LogP contribution < -0.4 is 15.9 Å². The summed E-state index contributed by atoms with van der Waals surface area (Å²) in [4.78, 5) is 0. The molecule has 44 heavy (non-hydrogen) atoms. The largest absolute Gasteiger partial charge is 0.416 e. The molecule has 236 valence electrons. The van der Waals surface area contributed by atoms with Gasteiger partial charge in [-0.05, 0) is 85.3 Å². The van der Waals surface area contributed by atoms with Crippen LogP contribution in [0.15, 0.2) is 96.6 Å². The first kappa shape index (κ1) is 33.6. The van der Waals surface area contributed by atoms with Gasteiger partial charge in [0.15, 0.2) is 0 Å². The highest BCUT2D eigenvalue weighted by Crippen LogP contribution is 2.70. The minimum absolute atomic E-state index is 0.113. The molecule has 4 rings (SSSR count). The Balaban J connectivity index is 2.14. The fraction of sp³-hybridized carbons (Fsp3) is 0.290. The van der Waals surface area contributed by atoms with Crippen LogP contribution in [0.3, 0.4) is 0 Å². The lowest BCUT2D eigenvalue weighted by Gasteiger charge is -2.44. The van der Waals surface area contributed by atoms with Gasteiger partial charge in [-0.2, -0.15) is 52.7 Å². The van der Waals surface area contributed by atoms with Crippen molar-refractivity contribution in [3.05, 3.63) is 113 Å². The van der Waals surface area contributed by atoms with E-state index in [0.29, 0.717) is 6.42 Å². The number of alkyl halides is 12. The second-order valence-corrected chi connectivity index (χ2v) is 14.1. The van der Waals surface area contributed by atoms with Crippen molar-refractivity contribution < 1.29 is 52.7 Å². The van der Waals surface area contributed by atoms with Gasteiger partial charge in [0.05, 0.1) is 22.3 Å². The monoisotopic (exact) mass is 655 g/mol. The van der Waals surface area contributed by atoms with Crippen LogP contribution in [0.1, 0.15) is 42.9 Å². The van der Waals surface area contributed by atoms with Crippen LogP contribution in [0.5, 0.6) is 0 Å². The Morgan fingerprint density at radius 1 is 0.545 bits per heavy atom. The fourth-order valence-corrected chi connectivity index (χ4v) is 11.2. The summed E-state index contributed by atoms with van der Waals surface area (Å²) in [6.07, 6.45) is -15.9. The van der Waals surface area contributed by atoms with Gasteiger partial charge in [-0.15, -0.1) is 0 Å². The quantitative estimate of drug-likeness (QED) is 0.183. The normalized spacial score (nSPS) is 18.3. The van der Waals surface area contributed by atoms with Crippen LogP contribution in [-0.2, 0) is 18.5 Å². The van der Waals surface area contributed by atoms with Crippen molar-refractivity contribution in [1.82, 2.24) is 0 Å². The van der Waals surface area contributed by atoms with Crippen LogP contribution in [0, 0.1) is 0 Å². The maximum atomic E-state index is 13.7. The van der Waals surface area contributed by atoms with Gasteiger partial charge in [0.25, 0.3) is 0 Å². The zero-order chi connectivity index (χ0) is 32.8. The Morgan fingerprint density at radius 3 is 1.11 bits per heavy atom. The molecule has 1 aliphatic carbocycles. The Morgan fingerprint density at radius 2 is 0.886 bits per heavy atom. The van der Waals surface area contributed by atoms with Crippen molar-refractivity contribution in [2.45, 2.75) is 56.0 Å². The standard InChI is InChI=1S/C31H24F12P/c1-2-17-27(18-15-23(16-19-27)31(41,42)43)44(24-9-3-20(4-10-24)28(32,33)34,25-11-5-21(6-12-25)29(35,36)37)26-13-7-22(8-14-26)30(38,39)40/h3-16,18H,2,17,19H2,1H3/q+1. The molecule has 0 N–H and O–H groups in total. The van der Waals surface area contributed by atoms with Gasteiger partial charge >= 0.3 is 24.7 Å². The molecule has 0 amide bonds. The van der Waals surface area contributed by atoms with Crippen molar-refractivity contribution in [3.8, 4) is 0 Å². The van der Waals surface area contributed by atoms with Crippen LogP contribution in [-0.4, -0.2) is 11.3 Å². The Bertz CT molecular complexity index is 1370. The van der Waals surface area contributed by atoms with Crippen molar-refractivity contribution in [3.63, 3.8) is 0 Å². The smallest absolute Gasteiger partial charge is 0.166 e. The molecular formula is C31H24F12P+. The molecule has 1 aliphatic rings. The zero-order valence-corrected chi connectivity index (χ0v) is 23.7. The number of halogens is 12. The summed E-state index contributed by atoms with van der Waals surface area (Å²) >= 11 is 0. The van der Waals surface area contributed by atoms with E-state index in [-0.39, 0.29) is 28.8 Å². The average Bonchev–Trinajstić information content (AvgIpc) is 2.93. The highest BCUT2D eigenvalue weighted by atomic mass is 31.2. The number of benzene rings is 3. The predicted molar refractivity (Wildman–Crippen MR) is 146 cm³/mol. The first-order valence-electron chi connectivity index (χ1n) is 13.1. The second kappa shape index (κ2) is 11.6. The summed E-state index contributed by atoms with van der Waals surface area (Å²) in [5.41, 5.74) is -4.15. The first-order valence-corrected chi connectivity index (χ1v) is 14.9. The fourth-order valence-electron chi connectivity index (χ4n) is 5.75. The van der Waals surface area contributed by atoms with E-state index in [2.05, 4.69) is 0 Å². The molecule has 0 saturated carbocycles. The average molecular weight is 655 g/mol. The molecule has 0 heterocycles. The topological polar surface area (TPSA) is 0 Å². The molecule has 1 unspecified atom stereocenters. The van der Waals surface area contributed by atoms with Gasteiger partial charge in [0.1, 0.15) is 28.3 Å². The molecule has 0 aliphatic heterocycles. The van der Waals surface area contributed by atoms with E-state index in [4.69, 9.17) is 0 Å². The van der Waals surface area contributed by atoms with E-state index in [1.165, 1.54) is 6.08 Å². The lowest BCUT2D eigenvalue weighted by atomic mass is 9.91. The Kier molecular flexibility index (Phi) is 8.85. The number of hydrogen-bond acceptors (Lipinski definition) is 0. The predicted octanol–water partition coefficient (Wildman–Crippen LogP) is 10.0. The van der Waals surface area contributed by atoms with Crippen molar-refractivity contribution >= 4 is 23.2 Å². The first-order chi connectivity index (χ1) is 20.3. The van der Waals surface area contributed by atoms with Crippen LogP contribution >= 0.6 is 7.26 Å². The lowest BCUT2D eigenvalue weighted by Crippen LogP contribution is -2.47. The third-order valence-electron chi connectivity index (χ3n) is 7.67. The van der Waals surface area contributed by atoms with Crippen molar-refractivity contribution in [2.75, 3.05) is 0 Å². The Labute approximate surface area is 245 Å². The van der Waals surface area contributed by atoms with E-state index in [1.807, 2.05) is 0 Å². The third-order valence-corrected chi connectivity index (χ3v) is 12.8. The highest BCUT2D eigenvalue weighted by molar-refractivity contribution is 7.97. The molecule has 0 radical (unpaired) electrons. The van der Waals surface area contributed by atoms with Crippen LogP contribution in [0.2, 0.25) is 0 Å². The number of hydrogen-bond donors (Lipinski definition) is 0. The van der Waals surface area contributed by atoms with E-state index in [9.17, 15) is 52.7 Å². The maximum Gasteiger partial charge on any atom is 0.416 e. The molecular weight excluding hydrogens is 631 g/mol. The maximum absolute atomic E-state index is 13.7. The summed E-state index contributed by atoms with van der Waals surface area (Å²) in [5, 5.41) is -0.929. The summed E-state index contributed by atoms with van der Waals surface area (Å²) < 4.78 is 163. The van der Waals surface area contributed by atoms with Gasteiger partial charge in [0.2, 0.25) is 0 Å². The van der Waals surface area contributed by atoms with Crippen LogP contribution in [0.4, 0.5) is 52.7 Å². The molecule has 1 atom stereocenters. The van der Waals surface area contributed by atoms with Crippen molar-refractivity contribution in [2.24, 2.45) is 0 Å². The van der Waals surface area contributed by atoms with Gasteiger partial charge in [-0.1, -0.05) is 25.5 Å². The molecule has 0 bridgehead atoms. The minimum Gasteiger partial charge on any atom is -0.166 e. The van der Waals surface area contributed by atoms with E-state index in [0.717, 1.165) is 84.9 Å². The summed E-state index contributed by atoms with van der Waals surface area (Å²) in [6, 6.07) is 11.2. The summed E-state index contributed by atoms with van der Waals surface area (Å²) in [6.45, 7) is 1.71. The van der Waals surface area contributed by atoms with E-state index in [1.54, 1.807) is 6.92 Å². The minimum atomic E-state index is -4.77. The molecule has 13 heteroatoms. The molecule has 0 spiro atoms. The van der Waals surface area contributed by atoms with Gasteiger partial charge in [0, 0.05) is 6.42 Å². The zero-order valence-electron chi connectivity index (χ0n) is 22.8. The van der Waals surface area contributed by atoms with Crippen LogP contribution in [0.25, 0.3) is 0 Å². The van der Waals surface area contributed by atoms with E-state index < -0.39 is 59.4 Å². The third kappa shape index (κ3) is 6.28. The Hall–Kier alpha value is -3.27. The van der Waals surface area contributed by atoms with Gasteiger partial charge in [-0.3, -0.25) is 0 Å². The van der Waals surface area contributed by atoms with E-state index >= 15 is 0 Å². The summed E-state index contributed by atoms with van der Waals surface area (Å²) in [7, 11) is -3.67. The molecule has 0 nitrogen and oxygen atoms in total. The number of rotatable bonds is 6. The SMILES string of the molecule is CCCC1([P+](c2ccc(C(F)(F)F)cc2)(c2ccc(C(F)(F)F)cc2)c2ccc(C(F)(F)F)cc2)C=CC(C(F)(F)F)=CC1. The molecule has 0 saturated heterocycles.